The molecular formula is C15H25N5. The van der Waals surface area contributed by atoms with Crippen LogP contribution in [-0.4, -0.2) is 26.1 Å². The molecule has 110 valence electrons. The first-order chi connectivity index (χ1) is 9.58. The van der Waals surface area contributed by atoms with Gasteiger partial charge >= 0.3 is 0 Å². The van der Waals surface area contributed by atoms with Crippen molar-refractivity contribution in [1.29, 1.82) is 0 Å². The fourth-order valence-corrected chi connectivity index (χ4v) is 2.15. The SMILES string of the molecule is CCc1cc(Cn2cc(CNCC(C)C)cn2)n(C)n1. The number of rotatable bonds is 7. The van der Waals surface area contributed by atoms with Gasteiger partial charge in [0, 0.05) is 25.4 Å². The molecule has 2 heterocycles. The van der Waals surface area contributed by atoms with E-state index in [1.54, 1.807) is 0 Å². The van der Waals surface area contributed by atoms with Crippen molar-refractivity contribution in [2.24, 2.45) is 13.0 Å². The van der Waals surface area contributed by atoms with E-state index in [-0.39, 0.29) is 0 Å². The Morgan fingerprint density at radius 2 is 2.15 bits per heavy atom. The van der Waals surface area contributed by atoms with Crippen LogP contribution in [0.25, 0.3) is 0 Å². The minimum absolute atomic E-state index is 0.673. The van der Waals surface area contributed by atoms with Gasteiger partial charge in [-0.3, -0.25) is 9.36 Å². The molecule has 2 rings (SSSR count). The van der Waals surface area contributed by atoms with Crippen LogP contribution >= 0.6 is 0 Å². The highest BCUT2D eigenvalue weighted by Gasteiger charge is 2.06. The van der Waals surface area contributed by atoms with Crippen molar-refractivity contribution in [3.05, 3.63) is 35.4 Å². The molecule has 5 nitrogen and oxygen atoms in total. The molecule has 0 fully saturated rings. The van der Waals surface area contributed by atoms with Crippen molar-refractivity contribution in [2.45, 2.75) is 40.3 Å². The Labute approximate surface area is 121 Å². The Hall–Kier alpha value is -1.62. The Morgan fingerprint density at radius 3 is 2.80 bits per heavy atom. The van der Waals surface area contributed by atoms with E-state index in [9.17, 15) is 0 Å². The van der Waals surface area contributed by atoms with Gasteiger partial charge in [0.25, 0.3) is 0 Å². The van der Waals surface area contributed by atoms with E-state index in [0.717, 1.165) is 31.7 Å². The van der Waals surface area contributed by atoms with E-state index >= 15 is 0 Å². The molecule has 0 aliphatic heterocycles. The molecule has 0 bridgehead atoms. The molecule has 5 heteroatoms. The van der Waals surface area contributed by atoms with Crippen molar-refractivity contribution >= 4 is 0 Å². The number of hydrogen-bond acceptors (Lipinski definition) is 3. The number of nitrogens with one attached hydrogen (secondary N) is 1. The zero-order valence-corrected chi connectivity index (χ0v) is 12.9. The van der Waals surface area contributed by atoms with Crippen molar-refractivity contribution < 1.29 is 0 Å². The van der Waals surface area contributed by atoms with Gasteiger partial charge in [-0.2, -0.15) is 10.2 Å². The molecule has 0 amide bonds. The normalized spacial score (nSPS) is 11.4. The molecule has 2 aromatic rings. The lowest BCUT2D eigenvalue weighted by molar-refractivity contribution is 0.552. The summed E-state index contributed by atoms with van der Waals surface area (Å²) < 4.78 is 3.92. The smallest absolute Gasteiger partial charge is 0.0828 e. The van der Waals surface area contributed by atoms with Crippen molar-refractivity contribution in [3.8, 4) is 0 Å². The number of aromatic nitrogens is 4. The molecule has 0 aliphatic carbocycles. The summed E-state index contributed by atoms with van der Waals surface area (Å²) in [5.74, 6) is 0.673. The van der Waals surface area contributed by atoms with Crippen LogP contribution in [0.4, 0.5) is 0 Å². The molecule has 2 aromatic heterocycles. The van der Waals surface area contributed by atoms with Crippen LogP contribution in [0.5, 0.6) is 0 Å². The van der Waals surface area contributed by atoms with Gasteiger partial charge in [0.2, 0.25) is 0 Å². The summed E-state index contributed by atoms with van der Waals surface area (Å²) in [5, 5.41) is 12.3. The van der Waals surface area contributed by atoms with Gasteiger partial charge in [-0.15, -0.1) is 0 Å². The Morgan fingerprint density at radius 1 is 1.35 bits per heavy atom. The maximum absolute atomic E-state index is 4.46. The largest absolute Gasteiger partial charge is 0.312 e. The summed E-state index contributed by atoms with van der Waals surface area (Å²) in [5.41, 5.74) is 3.55. The Bertz CT molecular complexity index is 538. The minimum Gasteiger partial charge on any atom is -0.312 e. The highest BCUT2D eigenvalue weighted by Crippen LogP contribution is 2.07. The monoisotopic (exact) mass is 275 g/mol. The molecular weight excluding hydrogens is 250 g/mol. The fourth-order valence-electron chi connectivity index (χ4n) is 2.15. The second-order valence-electron chi connectivity index (χ2n) is 5.68. The fraction of sp³-hybridized carbons (Fsp3) is 0.600. The number of aryl methyl sites for hydroxylation is 2. The van der Waals surface area contributed by atoms with Gasteiger partial charge in [0.05, 0.1) is 24.1 Å². The summed E-state index contributed by atoms with van der Waals surface area (Å²) in [7, 11) is 1.99. The van der Waals surface area contributed by atoms with Gasteiger partial charge in [0.1, 0.15) is 0 Å². The Kier molecular flexibility index (Phi) is 4.95. The first-order valence-electron chi connectivity index (χ1n) is 7.32. The third-order valence-electron chi connectivity index (χ3n) is 3.28. The average Bonchev–Trinajstić information content (AvgIpc) is 2.97. The lowest BCUT2D eigenvalue weighted by Gasteiger charge is -2.05. The van der Waals surface area contributed by atoms with Crippen LogP contribution in [0.15, 0.2) is 18.5 Å². The number of hydrogen-bond donors (Lipinski definition) is 1. The van der Waals surface area contributed by atoms with Gasteiger partial charge in [-0.25, -0.2) is 0 Å². The van der Waals surface area contributed by atoms with Crippen LogP contribution in [-0.2, 0) is 26.6 Å². The summed E-state index contributed by atoms with van der Waals surface area (Å²) in [6.07, 6.45) is 5.01. The Balaban J connectivity index is 1.93. The van der Waals surface area contributed by atoms with Crippen molar-refractivity contribution in [2.75, 3.05) is 6.54 Å². The molecule has 0 saturated heterocycles. The van der Waals surface area contributed by atoms with E-state index < -0.39 is 0 Å². The van der Waals surface area contributed by atoms with Gasteiger partial charge in [0.15, 0.2) is 0 Å². The third-order valence-corrected chi connectivity index (χ3v) is 3.28. The van der Waals surface area contributed by atoms with Crippen LogP contribution in [0.2, 0.25) is 0 Å². The van der Waals surface area contributed by atoms with E-state index in [2.05, 4.69) is 48.5 Å². The van der Waals surface area contributed by atoms with Crippen LogP contribution in [0, 0.1) is 5.92 Å². The second kappa shape index (κ2) is 6.70. The predicted octanol–water partition coefficient (Wildman–Crippen LogP) is 1.97. The van der Waals surface area contributed by atoms with Crippen LogP contribution < -0.4 is 5.32 Å². The summed E-state index contributed by atoms with van der Waals surface area (Å²) in [6, 6.07) is 2.15. The summed E-state index contributed by atoms with van der Waals surface area (Å²) in [6.45, 7) is 9.23. The highest BCUT2D eigenvalue weighted by atomic mass is 15.3. The molecule has 1 N–H and O–H groups in total. The van der Waals surface area contributed by atoms with Crippen molar-refractivity contribution in [3.63, 3.8) is 0 Å². The van der Waals surface area contributed by atoms with E-state index in [1.807, 2.05) is 22.6 Å². The van der Waals surface area contributed by atoms with E-state index in [4.69, 9.17) is 0 Å². The minimum atomic E-state index is 0.673. The standard InChI is InChI=1S/C15H25N5/c1-5-14-6-15(19(4)18-14)11-20-10-13(9-17-20)8-16-7-12(2)3/h6,9-10,12,16H,5,7-8,11H2,1-4H3. The zero-order valence-electron chi connectivity index (χ0n) is 12.9. The van der Waals surface area contributed by atoms with E-state index in [1.165, 1.54) is 11.3 Å². The van der Waals surface area contributed by atoms with Crippen LogP contribution in [0.3, 0.4) is 0 Å². The first-order valence-corrected chi connectivity index (χ1v) is 7.32. The predicted molar refractivity (Wildman–Crippen MR) is 80.5 cm³/mol. The van der Waals surface area contributed by atoms with Crippen molar-refractivity contribution in [1.82, 2.24) is 24.9 Å². The molecule has 20 heavy (non-hydrogen) atoms. The third kappa shape index (κ3) is 3.93. The maximum Gasteiger partial charge on any atom is 0.0828 e. The molecule has 0 unspecified atom stereocenters. The molecule has 0 spiro atoms. The molecule has 0 aromatic carbocycles. The maximum atomic E-state index is 4.46. The van der Waals surface area contributed by atoms with Gasteiger partial charge < -0.3 is 5.32 Å². The number of nitrogens with zero attached hydrogens (tertiary/aromatic N) is 4. The van der Waals surface area contributed by atoms with Gasteiger partial charge in [-0.05, 0) is 24.9 Å². The molecule has 0 radical (unpaired) electrons. The summed E-state index contributed by atoms with van der Waals surface area (Å²) in [4.78, 5) is 0. The molecule has 0 atom stereocenters. The average molecular weight is 275 g/mol. The van der Waals surface area contributed by atoms with Crippen LogP contribution in [0.1, 0.15) is 37.7 Å². The molecule has 0 saturated carbocycles. The highest BCUT2D eigenvalue weighted by molar-refractivity contribution is 5.11. The molecule has 0 aliphatic rings. The topological polar surface area (TPSA) is 47.7 Å². The van der Waals surface area contributed by atoms with E-state index in [0.29, 0.717) is 5.92 Å². The first kappa shape index (κ1) is 14.8. The van der Waals surface area contributed by atoms with Gasteiger partial charge in [-0.1, -0.05) is 20.8 Å². The second-order valence-corrected chi connectivity index (χ2v) is 5.68. The zero-order chi connectivity index (χ0) is 14.5. The lowest BCUT2D eigenvalue weighted by atomic mass is 10.2. The summed E-state index contributed by atoms with van der Waals surface area (Å²) >= 11 is 0. The quantitative estimate of drug-likeness (QED) is 0.840. The lowest BCUT2D eigenvalue weighted by Crippen LogP contribution is -2.18.